The van der Waals surface area contributed by atoms with Crippen LogP contribution in [-0.4, -0.2) is 36.4 Å². The number of amides is 2. The van der Waals surface area contributed by atoms with Gasteiger partial charge in [0.15, 0.2) is 6.61 Å². The second kappa shape index (κ2) is 8.73. The zero-order chi connectivity index (χ0) is 18.2. The van der Waals surface area contributed by atoms with E-state index in [0.29, 0.717) is 35.8 Å². The van der Waals surface area contributed by atoms with Gasteiger partial charge in [-0.3, -0.25) is 9.59 Å². The zero-order valence-corrected chi connectivity index (χ0v) is 14.5. The SMILES string of the molecule is CCN(CC)C(=O)COc1cccc(NC(=O)c2ccc(N)cc2)c1. The van der Waals surface area contributed by atoms with E-state index in [4.69, 9.17) is 10.5 Å². The van der Waals surface area contributed by atoms with E-state index in [1.807, 2.05) is 13.8 Å². The third kappa shape index (κ3) is 5.24. The highest BCUT2D eigenvalue weighted by molar-refractivity contribution is 6.04. The topological polar surface area (TPSA) is 84.7 Å². The number of likely N-dealkylation sites (N-methyl/N-ethyl adjacent to an activating group) is 1. The number of benzene rings is 2. The van der Waals surface area contributed by atoms with Crippen LogP contribution >= 0.6 is 0 Å². The Morgan fingerprint density at radius 1 is 1.08 bits per heavy atom. The average molecular weight is 341 g/mol. The summed E-state index contributed by atoms with van der Waals surface area (Å²) in [6.07, 6.45) is 0. The normalized spacial score (nSPS) is 10.2. The van der Waals surface area contributed by atoms with E-state index in [1.165, 1.54) is 0 Å². The predicted molar refractivity (Wildman–Crippen MR) is 98.7 cm³/mol. The van der Waals surface area contributed by atoms with Gasteiger partial charge in [0.25, 0.3) is 11.8 Å². The molecule has 0 atom stereocenters. The van der Waals surface area contributed by atoms with Crippen molar-refractivity contribution in [2.24, 2.45) is 0 Å². The van der Waals surface area contributed by atoms with Gasteiger partial charge in [-0.05, 0) is 50.2 Å². The molecule has 0 aliphatic heterocycles. The van der Waals surface area contributed by atoms with Gasteiger partial charge in [0.05, 0.1) is 0 Å². The van der Waals surface area contributed by atoms with Crippen LogP contribution in [0.25, 0.3) is 0 Å². The predicted octanol–water partition coefficient (Wildman–Crippen LogP) is 2.77. The van der Waals surface area contributed by atoms with Crippen molar-refractivity contribution in [3.8, 4) is 5.75 Å². The Morgan fingerprint density at radius 3 is 2.40 bits per heavy atom. The third-order valence-corrected chi connectivity index (χ3v) is 3.74. The number of nitrogens with two attached hydrogens (primary N) is 1. The standard InChI is InChI=1S/C19H23N3O3/c1-3-22(4-2)18(23)13-25-17-7-5-6-16(12-17)21-19(24)14-8-10-15(20)11-9-14/h5-12H,3-4,13,20H2,1-2H3,(H,21,24). The molecule has 0 bridgehead atoms. The summed E-state index contributed by atoms with van der Waals surface area (Å²) in [6, 6.07) is 13.6. The minimum Gasteiger partial charge on any atom is -0.484 e. The molecule has 132 valence electrons. The molecular weight excluding hydrogens is 318 g/mol. The van der Waals surface area contributed by atoms with Crippen molar-refractivity contribution in [2.45, 2.75) is 13.8 Å². The van der Waals surface area contributed by atoms with E-state index < -0.39 is 0 Å². The molecule has 0 radical (unpaired) electrons. The number of anilines is 2. The molecule has 6 heteroatoms. The first-order valence-corrected chi connectivity index (χ1v) is 8.21. The van der Waals surface area contributed by atoms with Gasteiger partial charge < -0.3 is 20.7 Å². The fourth-order valence-electron chi connectivity index (χ4n) is 2.31. The summed E-state index contributed by atoms with van der Waals surface area (Å²) >= 11 is 0. The highest BCUT2D eigenvalue weighted by Crippen LogP contribution is 2.18. The number of carbonyl (C=O) groups is 2. The summed E-state index contributed by atoms with van der Waals surface area (Å²) in [7, 11) is 0. The monoisotopic (exact) mass is 341 g/mol. The molecule has 0 saturated carbocycles. The van der Waals surface area contributed by atoms with Gasteiger partial charge in [0.1, 0.15) is 5.75 Å². The first-order valence-electron chi connectivity index (χ1n) is 8.21. The van der Waals surface area contributed by atoms with Gasteiger partial charge in [-0.2, -0.15) is 0 Å². The van der Waals surface area contributed by atoms with Gasteiger partial charge in [-0.1, -0.05) is 6.07 Å². The second-order valence-electron chi connectivity index (χ2n) is 5.46. The fourth-order valence-corrected chi connectivity index (χ4v) is 2.31. The minimum absolute atomic E-state index is 0.0307. The van der Waals surface area contributed by atoms with Gasteiger partial charge in [0, 0.05) is 36.1 Å². The van der Waals surface area contributed by atoms with Crippen molar-refractivity contribution in [2.75, 3.05) is 30.7 Å². The van der Waals surface area contributed by atoms with E-state index in [2.05, 4.69) is 5.32 Å². The van der Waals surface area contributed by atoms with E-state index in [1.54, 1.807) is 53.4 Å². The van der Waals surface area contributed by atoms with Crippen molar-refractivity contribution in [1.82, 2.24) is 4.90 Å². The Labute approximate surface area is 147 Å². The van der Waals surface area contributed by atoms with Crippen LogP contribution in [0.2, 0.25) is 0 Å². The second-order valence-corrected chi connectivity index (χ2v) is 5.46. The molecule has 2 amide bonds. The molecule has 25 heavy (non-hydrogen) atoms. The number of rotatable bonds is 7. The number of ether oxygens (including phenoxy) is 1. The number of nitrogen functional groups attached to an aromatic ring is 1. The molecule has 0 aliphatic rings. The summed E-state index contributed by atoms with van der Waals surface area (Å²) in [6.45, 7) is 5.12. The quantitative estimate of drug-likeness (QED) is 0.759. The Kier molecular flexibility index (Phi) is 6.39. The highest BCUT2D eigenvalue weighted by Gasteiger charge is 2.11. The maximum Gasteiger partial charge on any atom is 0.260 e. The lowest BCUT2D eigenvalue weighted by Crippen LogP contribution is -2.34. The molecule has 0 saturated heterocycles. The molecule has 2 aromatic rings. The molecule has 0 heterocycles. The molecular formula is C19H23N3O3. The lowest BCUT2D eigenvalue weighted by Gasteiger charge is -2.18. The van der Waals surface area contributed by atoms with Gasteiger partial charge in [0.2, 0.25) is 0 Å². The smallest absolute Gasteiger partial charge is 0.260 e. The third-order valence-electron chi connectivity index (χ3n) is 3.74. The Hall–Kier alpha value is -3.02. The Bertz CT molecular complexity index is 725. The van der Waals surface area contributed by atoms with Crippen LogP contribution in [0.5, 0.6) is 5.75 Å². The van der Waals surface area contributed by atoms with Crippen LogP contribution in [0, 0.1) is 0 Å². The average Bonchev–Trinajstić information content (AvgIpc) is 2.62. The van der Waals surface area contributed by atoms with Gasteiger partial charge >= 0.3 is 0 Å². The Morgan fingerprint density at radius 2 is 1.76 bits per heavy atom. The van der Waals surface area contributed by atoms with Crippen LogP contribution < -0.4 is 15.8 Å². The molecule has 0 spiro atoms. The van der Waals surface area contributed by atoms with Crippen LogP contribution in [0.15, 0.2) is 48.5 Å². The number of nitrogens with one attached hydrogen (secondary N) is 1. The van der Waals surface area contributed by atoms with Crippen LogP contribution in [0.1, 0.15) is 24.2 Å². The summed E-state index contributed by atoms with van der Waals surface area (Å²) in [5.74, 6) is 0.216. The number of hydrogen-bond donors (Lipinski definition) is 2. The molecule has 0 unspecified atom stereocenters. The lowest BCUT2D eigenvalue weighted by atomic mass is 10.2. The van der Waals surface area contributed by atoms with E-state index in [-0.39, 0.29) is 18.4 Å². The van der Waals surface area contributed by atoms with Gasteiger partial charge in [-0.15, -0.1) is 0 Å². The highest BCUT2D eigenvalue weighted by atomic mass is 16.5. The maximum absolute atomic E-state index is 12.2. The summed E-state index contributed by atoms with van der Waals surface area (Å²) in [4.78, 5) is 25.9. The summed E-state index contributed by atoms with van der Waals surface area (Å²) < 4.78 is 5.54. The summed E-state index contributed by atoms with van der Waals surface area (Å²) in [5.41, 5.74) is 7.32. The lowest BCUT2D eigenvalue weighted by molar-refractivity contribution is -0.132. The van der Waals surface area contributed by atoms with Crippen molar-refractivity contribution in [3.63, 3.8) is 0 Å². The molecule has 2 aromatic carbocycles. The van der Waals surface area contributed by atoms with E-state index in [0.717, 1.165) is 0 Å². The molecule has 0 aromatic heterocycles. The van der Waals surface area contributed by atoms with Crippen molar-refractivity contribution < 1.29 is 14.3 Å². The van der Waals surface area contributed by atoms with E-state index in [9.17, 15) is 9.59 Å². The van der Waals surface area contributed by atoms with Crippen molar-refractivity contribution in [3.05, 3.63) is 54.1 Å². The largest absolute Gasteiger partial charge is 0.484 e. The number of carbonyl (C=O) groups excluding carboxylic acids is 2. The maximum atomic E-state index is 12.2. The molecule has 0 fully saturated rings. The molecule has 6 nitrogen and oxygen atoms in total. The van der Waals surface area contributed by atoms with Crippen LogP contribution in [0.4, 0.5) is 11.4 Å². The number of hydrogen-bond acceptors (Lipinski definition) is 4. The van der Waals surface area contributed by atoms with Crippen LogP contribution in [-0.2, 0) is 4.79 Å². The number of nitrogens with zero attached hydrogens (tertiary/aromatic N) is 1. The first-order chi connectivity index (χ1) is 12.0. The van der Waals surface area contributed by atoms with Crippen molar-refractivity contribution in [1.29, 1.82) is 0 Å². The van der Waals surface area contributed by atoms with Crippen molar-refractivity contribution >= 4 is 23.2 Å². The fraction of sp³-hybridized carbons (Fsp3) is 0.263. The van der Waals surface area contributed by atoms with Gasteiger partial charge in [-0.25, -0.2) is 0 Å². The minimum atomic E-state index is -0.239. The first kappa shape index (κ1) is 18.3. The molecule has 0 aliphatic carbocycles. The molecule has 3 N–H and O–H groups in total. The Balaban J connectivity index is 1.97. The van der Waals surface area contributed by atoms with Crippen LogP contribution in [0.3, 0.4) is 0 Å². The molecule has 2 rings (SSSR count). The zero-order valence-electron chi connectivity index (χ0n) is 14.5. The van der Waals surface area contributed by atoms with E-state index >= 15 is 0 Å². The summed E-state index contributed by atoms with van der Waals surface area (Å²) in [5, 5.41) is 2.80.